The van der Waals surface area contributed by atoms with Crippen LogP contribution in [-0.4, -0.2) is 40.8 Å². The van der Waals surface area contributed by atoms with Gasteiger partial charge in [0, 0.05) is 0 Å². The lowest BCUT2D eigenvalue weighted by molar-refractivity contribution is 0.0717. The van der Waals surface area contributed by atoms with E-state index in [1.165, 1.54) is 12.1 Å². The highest BCUT2D eigenvalue weighted by Gasteiger charge is 2.17. The molecule has 0 aliphatic carbocycles. The summed E-state index contributed by atoms with van der Waals surface area (Å²) < 4.78 is 16.8. The van der Waals surface area contributed by atoms with Crippen molar-refractivity contribution >= 4 is 24.5 Å². The number of carbonyl (C=O) groups excluding carboxylic acids is 2. The first-order valence-electron chi connectivity index (χ1n) is 13.6. The van der Waals surface area contributed by atoms with Gasteiger partial charge in [-0.2, -0.15) is 0 Å². The number of aryl methyl sites for hydroxylation is 1. The minimum absolute atomic E-state index is 0.0376. The van der Waals surface area contributed by atoms with Gasteiger partial charge in [0.25, 0.3) is 0 Å². The van der Waals surface area contributed by atoms with E-state index in [0.717, 1.165) is 5.56 Å². The Bertz CT molecular complexity index is 1480. The molecule has 0 fully saturated rings. The van der Waals surface area contributed by atoms with E-state index in [2.05, 4.69) is 0 Å². The van der Waals surface area contributed by atoms with Gasteiger partial charge >= 0.3 is 19.1 Å². The maximum Gasteiger partial charge on any atom is 0.488 e. The van der Waals surface area contributed by atoms with Crippen molar-refractivity contribution in [3.05, 3.63) is 118 Å². The van der Waals surface area contributed by atoms with Crippen molar-refractivity contribution < 1.29 is 39.0 Å². The Hall–Kier alpha value is -4.44. The van der Waals surface area contributed by atoms with Gasteiger partial charge in [0.2, 0.25) is 0 Å². The van der Waals surface area contributed by atoms with E-state index in [0.29, 0.717) is 50.5 Å². The van der Waals surface area contributed by atoms with Crippen molar-refractivity contribution in [1.29, 1.82) is 0 Å². The number of ether oxygens (including phenoxy) is 3. The molecule has 9 heteroatoms. The van der Waals surface area contributed by atoms with Crippen LogP contribution in [0, 0.1) is 20.8 Å². The Morgan fingerprint density at radius 2 is 1.14 bits per heavy atom. The van der Waals surface area contributed by atoms with Crippen LogP contribution in [-0.2, 0) is 0 Å². The van der Waals surface area contributed by atoms with Crippen molar-refractivity contribution in [3.8, 4) is 17.2 Å². The van der Waals surface area contributed by atoms with Gasteiger partial charge < -0.3 is 29.4 Å². The van der Waals surface area contributed by atoms with Gasteiger partial charge in [0.1, 0.15) is 30.0 Å². The molecule has 4 aromatic carbocycles. The number of esters is 2. The lowest BCUT2D eigenvalue weighted by Crippen LogP contribution is -2.29. The highest BCUT2D eigenvalue weighted by atomic mass is 16.5. The van der Waals surface area contributed by atoms with Crippen LogP contribution < -0.4 is 19.7 Å². The monoisotopic (exact) mass is 570 g/mol. The van der Waals surface area contributed by atoms with E-state index in [1.807, 2.05) is 32.9 Å². The number of hydrogen-bond donors (Lipinski definition) is 3. The average molecular weight is 570 g/mol. The summed E-state index contributed by atoms with van der Waals surface area (Å²) in [6.45, 7) is 9.47. The summed E-state index contributed by atoms with van der Waals surface area (Å²) >= 11 is 0. The predicted octanol–water partition coefficient (Wildman–Crippen LogP) is 4.87. The molecule has 0 spiro atoms. The highest BCUT2D eigenvalue weighted by Crippen LogP contribution is 2.30. The summed E-state index contributed by atoms with van der Waals surface area (Å²) in [7, 11) is -1.57. The largest absolute Gasteiger partial charge is 0.491 e. The molecule has 4 aromatic rings. The van der Waals surface area contributed by atoms with Gasteiger partial charge in [0.15, 0.2) is 0 Å². The van der Waals surface area contributed by atoms with Crippen molar-refractivity contribution in [2.75, 3.05) is 6.61 Å². The number of hydrogen-bond acceptors (Lipinski definition) is 8. The molecule has 0 saturated carbocycles. The van der Waals surface area contributed by atoms with Crippen molar-refractivity contribution in [2.24, 2.45) is 0 Å². The second kappa shape index (κ2) is 15.0. The van der Waals surface area contributed by atoms with E-state index in [1.54, 1.807) is 74.5 Å². The molecule has 4 rings (SSSR count). The Kier molecular flexibility index (Phi) is 11.4. The second-order valence-corrected chi connectivity index (χ2v) is 9.35. The zero-order chi connectivity index (χ0) is 30.8. The lowest BCUT2D eigenvalue weighted by atomic mass is 9.80. The molecule has 0 radical (unpaired) electrons. The quantitative estimate of drug-likeness (QED) is 0.148. The molecule has 0 amide bonds. The molecular weight excluding hydrogens is 535 g/mol. The van der Waals surface area contributed by atoms with E-state index < -0.39 is 25.2 Å². The van der Waals surface area contributed by atoms with Crippen molar-refractivity contribution in [1.82, 2.24) is 0 Å². The molecule has 42 heavy (non-hydrogen) atoms. The molecule has 0 aliphatic heterocycles. The molecule has 8 nitrogen and oxygen atoms in total. The Morgan fingerprint density at radius 3 is 1.60 bits per heavy atom. The summed E-state index contributed by atoms with van der Waals surface area (Å²) in [4.78, 5) is 25.3. The minimum Gasteiger partial charge on any atom is -0.491 e. The summed E-state index contributed by atoms with van der Waals surface area (Å²) in [5.74, 6) is 0.144. The first-order chi connectivity index (χ1) is 20.1. The highest BCUT2D eigenvalue weighted by molar-refractivity contribution is 6.58. The van der Waals surface area contributed by atoms with E-state index >= 15 is 0 Å². The number of aliphatic hydroxyl groups is 1. The van der Waals surface area contributed by atoms with E-state index in [4.69, 9.17) is 14.2 Å². The van der Waals surface area contributed by atoms with E-state index in [-0.39, 0.29) is 6.61 Å². The molecule has 1 unspecified atom stereocenters. The lowest BCUT2D eigenvalue weighted by Gasteiger charge is -2.14. The fourth-order valence-electron chi connectivity index (χ4n) is 3.85. The van der Waals surface area contributed by atoms with Gasteiger partial charge in [-0.05, 0) is 91.5 Å². The van der Waals surface area contributed by atoms with E-state index in [9.17, 15) is 24.7 Å². The SMILES string of the molecule is CC.Cc1ccc(C(=O)Oc2ccc(OC(=O)c3ccc(OCC(O)c4ccc(B(O)O)cc4)cc3)c(C)c2C)cc1. The zero-order valence-corrected chi connectivity index (χ0v) is 24.3. The van der Waals surface area contributed by atoms with Gasteiger partial charge in [-0.1, -0.05) is 55.8 Å². The fraction of sp³-hybridized carbons (Fsp3) is 0.212. The molecule has 0 heterocycles. The van der Waals surface area contributed by atoms with Gasteiger partial charge in [-0.15, -0.1) is 0 Å². The topological polar surface area (TPSA) is 123 Å². The standard InChI is InChI=1S/C31H29BO8.C2H6/c1-19-4-6-23(7-5-19)30(34)39-28-16-17-29(21(3)20(28)2)40-31(35)24-10-14-26(15-11-24)38-18-27(33)22-8-12-25(13-9-22)32(36)37;1-2/h4-17,27,33,36-37H,18H2,1-3H3;1-2H3. The van der Waals surface area contributed by atoms with Crippen molar-refractivity contribution in [2.45, 2.75) is 40.7 Å². The normalized spacial score (nSPS) is 11.0. The van der Waals surface area contributed by atoms with Gasteiger partial charge in [-0.3, -0.25) is 0 Å². The van der Waals surface area contributed by atoms with Gasteiger partial charge in [-0.25, -0.2) is 9.59 Å². The summed E-state index contributed by atoms with van der Waals surface area (Å²) in [6, 6.07) is 22.8. The van der Waals surface area contributed by atoms with Crippen LogP contribution >= 0.6 is 0 Å². The van der Waals surface area contributed by atoms with Crippen LogP contribution in [0.1, 0.15) is 62.9 Å². The van der Waals surface area contributed by atoms with Crippen LogP contribution in [0.15, 0.2) is 84.9 Å². The molecule has 3 N–H and O–H groups in total. The Labute approximate surface area is 246 Å². The molecule has 0 aliphatic rings. The van der Waals surface area contributed by atoms with Crippen LogP contribution in [0.2, 0.25) is 0 Å². The number of aliphatic hydroxyl groups excluding tert-OH is 1. The molecular formula is C33H35BO8. The maximum absolute atomic E-state index is 12.8. The second-order valence-electron chi connectivity index (χ2n) is 9.35. The maximum atomic E-state index is 12.8. The van der Waals surface area contributed by atoms with Crippen LogP contribution in [0.3, 0.4) is 0 Å². The minimum atomic E-state index is -1.57. The molecule has 0 bridgehead atoms. The summed E-state index contributed by atoms with van der Waals surface area (Å²) in [5, 5.41) is 28.7. The molecule has 218 valence electrons. The fourth-order valence-corrected chi connectivity index (χ4v) is 3.85. The zero-order valence-electron chi connectivity index (χ0n) is 24.3. The van der Waals surface area contributed by atoms with Gasteiger partial charge in [0.05, 0.1) is 11.1 Å². The van der Waals surface area contributed by atoms with Crippen LogP contribution in [0.4, 0.5) is 0 Å². The molecule has 0 aromatic heterocycles. The van der Waals surface area contributed by atoms with Crippen molar-refractivity contribution in [3.63, 3.8) is 0 Å². The Morgan fingerprint density at radius 1 is 0.690 bits per heavy atom. The third-order valence-electron chi connectivity index (χ3n) is 6.50. The molecule has 1 atom stereocenters. The molecule has 0 saturated heterocycles. The number of rotatable bonds is 9. The predicted molar refractivity (Wildman–Crippen MR) is 162 cm³/mol. The number of carbonyl (C=O) groups is 2. The smallest absolute Gasteiger partial charge is 0.488 e. The van der Waals surface area contributed by atoms with Crippen LogP contribution in [0.5, 0.6) is 17.2 Å². The first kappa shape index (κ1) is 32.1. The summed E-state index contributed by atoms with van der Waals surface area (Å²) in [5.41, 5.74) is 4.01. The third-order valence-corrected chi connectivity index (χ3v) is 6.50. The summed E-state index contributed by atoms with van der Waals surface area (Å²) in [6.07, 6.45) is -0.931. The van der Waals surface area contributed by atoms with Crippen LogP contribution in [0.25, 0.3) is 0 Å². The average Bonchev–Trinajstić information content (AvgIpc) is 3.01. The third kappa shape index (κ3) is 8.30. The number of benzene rings is 4. The Balaban J connectivity index is 0.00000237. The first-order valence-corrected chi connectivity index (χ1v) is 13.6.